The van der Waals surface area contributed by atoms with E-state index in [0.29, 0.717) is 11.1 Å². The summed E-state index contributed by atoms with van der Waals surface area (Å²) in [6.07, 6.45) is 3.72. The van der Waals surface area contributed by atoms with E-state index in [4.69, 9.17) is 0 Å². The third-order valence-electron chi connectivity index (χ3n) is 4.82. The van der Waals surface area contributed by atoms with Crippen LogP contribution in [0.1, 0.15) is 20.7 Å². The number of fused-ring (bicyclic) bond motifs is 2. The Bertz CT molecular complexity index is 891. The summed E-state index contributed by atoms with van der Waals surface area (Å²) in [5, 5.41) is 6.74. The Morgan fingerprint density at radius 2 is 1.15 bits per heavy atom. The van der Waals surface area contributed by atoms with Gasteiger partial charge in [-0.1, -0.05) is 31.9 Å². The Morgan fingerprint density at radius 3 is 1.50 bits per heavy atom. The summed E-state index contributed by atoms with van der Waals surface area (Å²) in [5.74, 6) is -0.177. The fourth-order valence-corrected chi connectivity index (χ4v) is 6.68. The molecule has 0 fully saturated rings. The van der Waals surface area contributed by atoms with Crippen LogP contribution in [0.2, 0.25) is 0 Å². The average molecular weight is 514 g/mol. The average Bonchev–Trinajstić information content (AvgIpc) is 3.07. The van der Waals surface area contributed by atoms with Gasteiger partial charge < -0.3 is 10.6 Å². The van der Waals surface area contributed by atoms with Crippen molar-refractivity contribution in [2.75, 3.05) is 23.1 Å². The molecule has 26 heavy (non-hydrogen) atoms. The maximum absolute atomic E-state index is 13.5. The van der Waals surface area contributed by atoms with Gasteiger partial charge in [0.25, 0.3) is 0 Å². The number of hydrogen-bond donors (Lipinski definition) is 2. The third kappa shape index (κ3) is 2.28. The zero-order chi connectivity index (χ0) is 18.7. The van der Waals surface area contributed by atoms with Crippen molar-refractivity contribution in [2.45, 2.75) is 9.74 Å². The molecule has 0 saturated carbocycles. The van der Waals surface area contributed by atoms with Gasteiger partial charge in [0.1, 0.15) is 0 Å². The number of ketones is 2. The summed E-state index contributed by atoms with van der Waals surface area (Å²) < 4.78 is 1.76. The van der Waals surface area contributed by atoms with Crippen LogP contribution in [-0.2, 0) is 0 Å². The SMILES string of the molecule is CS[C@@]1([C@]2(SC)Nc3cc(Br)ccc3C2=O)Nc2cc(Br)ccc2C1=O. The summed E-state index contributed by atoms with van der Waals surface area (Å²) in [4.78, 5) is 24.6. The molecule has 2 atom stereocenters. The standard InChI is InChI=1S/C18H14Br2N2O2S2/c1-25-17(15(23)11-5-3-9(19)7-13(11)21-17)18(26-2)16(24)12-6-4-10(20)8-14(12)22-18/h3-8,21-22H,1-2H3/t17-,18-/m0/s1. The quantitative estimate of drug-likeness (QED) is 0.584. The van der Waals surface area contributed by atoms with Gasteiger partial charge in [-0.15, -0.1) is 23.5 Å². The molecule has 2 N–H and O–H groups in total. The van der Waals surface area contributed by atoms with Crippen molar-refractivity contribution < 1.29 is 9.59 Å². The molecule has 8 heteroatoms. The molecule has 2 aromatic rings. The molecule has 2 heterocycles. The molecule has 0 aliphatic carbocycles. The van der Waals surface area contributed by atoms with Gasteiger partial charge in [-0.2, -0.15) is 0 Å². The number of hydrogen-bond acceptors (Lipinski definition) is 6. The molecule has 0 aromatic heterocycles. The molecule has 4 nitrogen and oxygen atoms in total. The number of Topliss-reactive ketones (excluding diaryl/α,β-unsaturated/α-hetero) is 2. The molecule has 0 unspecified atom stereocenters. The zero-order valence-electron chi connectivity index (χ0n) is 13.9. The second kappa shape index (κ2) is 6.29. The monoisotopic (exact) mass is 512 g/mol. The minimum atomic E-state index is -1.14. The van der Waals surface area contributed by atoms with Crippen molar-refractivity contribution in [2.24, 2.45) is 0 Å². The first kappa shape index (κ1) is 18.4. The van der Waals surface area contributed by atoms with Gasteiger partial charge in [-0.25, -0.2) is 0 Å². The van der Waals surface area contributed by atoms with E-state index < -0.39 is 9.74 Å². The van der Waals surface area contributed by atoms with E-state index in [2.05, 4.69) is 42.5 Å². The molecular formula is C18H14Br2N2O2S2. The van der Waals surface area contributed by atoms with Crippen molar-refractivity contribution in [1.82, 2.24) is 0 Å². The summed E-state index contributed by atoms with van der Waals surface area (Å²) in [7, 11) is 0. The van der Waals surface area contributed by atoms with Gasteiger partial charge in [-0.3, -0.25) is 9.59 Å². The Hall–Kier alpha value is -0.960. The van der Waals surface area contributed by atoms with Crippen molar-refractivity contribution >= 4 is 78.3 Å². The van der Waals surface area contributed by atoms with Gasteiger partial charge >= 0.3 is 0 Å². The lowest BCUT2D eigenvalue weighted by molar-refractivity contribution is 0.0874. The highest BCUT2D eigenvalue weighted by Gasteiger charge is 2.66. The van der Waals surface area contributed by atoms with Gasteiger partial charge in [0.2, 0.25) is 11.6 Å². The zero-order valence-corrected chi connectivity index (χ0v) is 18.7. The molecule has 0 bridgehead atoms. The molecule has 0 saturated heterocycles. The predicted molar refractivity (Wildman–Crippen MR) is 117 cm³/mol. The second-order valence-electron chi connectivity index (χ2n) is 6.06. The first-order chi connectivity index (χ1) is 12.4. The van der Waals surface area contributed by atoms with Crippen LogP contribution in [0, 0.1) is 0 Å². The van der Waals surface area contributed by atoms with E-state index in [-0.39, 0.29) is 11.6 Å². The molecule has 0 radical (unpaired) electrons. The lowest BCUT2D eigenvalue weighted by atomic mass is 9.96. The minimum Gasteiger partial charge on any atom is -0.361 e. The maximum Gasteiger partial charge on any atom is 0.204 e. The van der Waals surface area contributed by atoms with Gasteiger partial charge in [0.15, 0.2) is 9.74 Å². The van der Waals surface area contributed by atoms with Gasteiger partial charge in [0, 0.05) is 31.4 Å². The van der Waals surface area contributed by atoms with Crippen LogP contribution in [0.25, 0.3) is 0 Å². The Morgan fingerprint density at radius 1 is 0.769 bits per heavy atom. The Labute approximate surface area is 176 Å². The van der Waals surface area contributed by atoms with Crippen molar-refractivity contribution in [3.8, 4) is 0 Å². The molecular weight excluding hydrogens is 500 g/mol. The van der Waals surface area contributed by atoms with E-state index in [9.17, 15) is 9.59 Å². The first-order valence-electron chi connectivity index (χ1n) is 7.74. The van der Waals surface area contributed by atoms with Crippen LogP contribution in [0.4, 0.5) is 11.4 Å². The van der Waals surface area contributed by atoms with E-state index in [1.54, 1.807) is 12.1 Å². The molecule has 2 aromatic carbocycles. The normalized spacial score (nSPS) is 26.3. The van der Waals surface area contributed by atoms with Crippen LogP contribution >= 0.6 is 55.4 Å². The Balaban J connectivity index is 1.89. The number of thioether (sulfide) groups is 2. The van der Waals surface area contributed by atoms with Crippen LogP contribution in [0.5, 0.6) is 0 Å². The molecule has 0 amide bonds. The summed E-state index contributed by atoms with van der Waals surface area (Å²) in [6.45, 7) is 0. The van der Waals surface area contributed by atoms with Crippen molar-refractivity contribution in [3.63, 3.8) is 0 Å². The molecule has 2 aliphatic rings. The van der Waals surface area contributed by atoms with Crippen molar-refractivity contribution in [3.05, 3.63) is 56.5 Å². The smallest absolute Gasteiger partial charge is 0.204 e. The summed E-state index contributed by atoms with van der Waals surface area (Å²) >= 11 is 9.62. The largest absolute Gasteiger partial charge is 0.361 e. The predicted octanol–water partition coefficient (Wildman–Crippen LogP) is 5.25. The topological polar surface area (TPSA) is 58.2 Å². The van der Waals surface area contributed by atoms with Crippen LogP contribution in [0.15, 0.2) is 45.3 Å². The maximum atomic E-state index is 13.5. The van der Waals surface area contributed by atoms with E-state index in [0.717, 1.165) is 20.3 Å². The lowest BCUT2D eigenvalue weighted by Gasteiger charge is -2.42. The molecule has 134 valence electrons. The molecule has 4 rings (SSSR count). The lowest BCUT2D eigenvalue weighted by Crippen LogP contribution is -2.63. The van der Waals surface area contributed by atoms with Gasteiger partial charge in [0.05, 0.1) is 0 Å². The van der Waals surface area contributed by atoms with Crippen molar-refractivity contribution in [1.29, 1.82) is 0 Å². The fraction of sp³-hybridized carbons (Fsp3) is 0.222. The van der Waals surface area contributed by atoms with E-state index in [1.165, 1.54) is 23.5 Å². The Kier molecular flexibility index (Phi) is 4.45. The van der Waals surface area contributed by atoms with Crippen LogP contribution in [0.3, 0.4) is 0 Å². The number of carbonyl (C=O) groups excluding carboxylic acids is 2. The number of benzene rings is 2. The number of rotatable bonds is 3. The summed E-state index contributed by atoms with van der Waals surface area (Å²) in [6, 6.07) is 11.0. The highest BCUT2D eigenvalue weighted by atomic mass is 79.9. The minimum absolute atomic E-state index is 0.0884. The van der Waals surface area contributed by atoms with Crippen LogP contribution < -0.4 is 10.6 Å². The van der Waals surface area contributed by atoms with Crippen LogP contribution in [-0.4, -0.2) is 33.8 Å². The number of halogens is 2. The van der Waals surface area contributed by atoms with E-state index in [1.807, 2.05) is 36.8 Å². The number of anilines is 2. The first-order valence-corrected chi connectivity index (χ1v) is 11.8. The number of nitrogens with one attached hydrogen (secondary N) is 2. The number of carbonyl (C=O) groups is 2. The fourth-order valence-electron chi connectivity index (χ4n) is 3.58. The second-order valence-corrected chi connectivity index (χ2v) is 9.93. The summed E-state index contributed by atoms with van der Waals surface area (Å²) in [5.41, 5.74) is 2.67. The molecule has 2 aliphatic heterocycles. The van der Waals surface area contributed by atoms with Gasteiger partial charge in [-0.05, 0) is 48.9 Å². The third-order valence-corrected chi connectivity index (χ3v) is 8.35. The highest BCUT2D eigenvalue weighted by Crippen LogP contribution is 2.55. The molecule has 0 spiro atoms. The van der Waals surface area contributed by atoms with E-state index >= 15 is 0 Å². The highest BCUT2D eigenvalue weighted by molar-refractivity contribution is 9.10.